The third-order valence-electron chi connectivity index (χ3n) is 7.49. The molecule has 0 heterocycles. The molecule has 0 aromatic heterocycles. The number of thiocarbonyl (C=S) groups is 2. The fraction of sp³-hybridized carbons (Fsp3) is 0.838. The van der Waals surface area contributed by atoms with Crippen molar-refractivity contribution >= 4 is 42.4 Å². The Morgan fingerprint density at radius 1 is 0.638 bits per heavy atom. The lowest BCUT2D eigenvalue weighted by Gasteiger charge is -2.21. The number of phosphoric acid groups is 1. The maximum absolute atomic E-state index is 12.1. The molecule has 0 aliphatic rings. The molecule has 0 aromatic carbocycles. The predicted molar refractivity (Wildman–Crippen MR) is 205 cm³/mol. The minimum absolute atomic E-state index is 0.0820. The molecule has 0 radical (unpaired) electrons. The third-order valence-corrected chi connectivity index (χ3v) is 9.10. The van der Waals surface area contributed by atoms with Gasteiger partial charge in [-0.25, -0.2) is 4.57 Å². The molecule has 272 valence electrons. The van der Waals surface area contributed by atoms with Crippen molar-refractivity contribution in [2.75, 3.05) is 26.4 Å². The Balaban J connectivity index is 4.22. The number of hydrogen-bond acceptors (Lipinski definition) is 8. The summed E-state index contributed by atoms with van der Waals surface area (Å²) in [5.74, 6) is 12.7. The van der Waals surface area contributed by atoms with Crippen molar-refractivity contribution in [2.24, 2.45) is 5.73 Å². The first-order valence-corrected chi connectivity index (χ1v) is 20.7. The second-order valence-electron chi connectivity index (χ2n) is 12.0. The van der Waals surface area contributed by atoms with Crippen molar-refractivity contribution in [2.45, 2.75) is 174 Å². The quantitative estimate of drug-likeness (QED) is 0.0314. The van der Waals surface area contributed by atoms with E-state index >= 15 is 0 Å². The van der Waals surface area contributed by atoms with Gasteiger partial charge in [-0.05, 0) is 50.1 Å². The molecule has 0 saturated carbocycles. The summed E-state index contributed by atoms with van der Waals surface area (Å²) < 4.78 is 33.9. The number of phosphoric ester groups is 1. The van der Waals surface area contributed by atoms with E-state index in [1.54, 1.807) is 0 Å². The summed E-state index contributed by atoms with van der Waals surface area (Å²) in [4.78, 5) is 9.92. The van der Waals surface area contributed by atoms with E-state index in [2.05, 4.69) is 37.5 Å². The van der Waals surface area contributed by atoms with Gasteiger partial charge in [0.2, 0.25) is 0 Å². The summed E-state index contributed by atoms with van der Waals surface area (Å²) in [6, 6.07) is 0. The molecule has 0 fully saturated rings. The van der Waals surface area contributed by atoms with Gasteiger partial charge in [-0.15, -0.1) is 23.7 Å². The van der Waals surface area contributed by atoms with Crippen molar-refractivity contribution in [1.82, 2.24) is 0 Å². The van der Waals surface area contributed by atoms with Crippen LogP contribution in [0.4, 0.5) is 0 Å². The van der Waals surface area contributed by atoms with E-state index in [-0.39, 0.29) is 26.4 Å². The summed E-state index contributed by atoms with van der Waals surface area (Å²) >= 11 is 10.9. The monoisotopic (exact) mass is 715 g/mol. The molecule has 0 rings (SSSR count). The van der Waals surface area contributed by atoms with Crippen LogP contribution in [0.2, 0.25) is 0 Å². The highest BCUT2D eigenvalue weighted by Crippen LogP contribution is 2.43. The van der Waals surface area contributed by atoms with Crippen molar-refractivity contribution in [1.29, 1.82) is 0 Å². The standard InChI is InChI=1S/C37H66NO6PS2/c1-3-5-7-9-11-13-15-17-19-21-23-25-27-29-36(46)41-33-35(34-43-45(39,40)42-32-31-38)44-37(47)30-28-26-24-22-20-18-16-14-12-10-8-6-4-2/h35H,3-4,9-34,38H2,1-2H3,(H,39,40)/t35-/m1/s1. The van der Waals surface area contributed by atoms with Gasteiger partial charge >= 0.3 is 7.82 Å². The molecule has 47 heavy (non-hydrogen) atoms. The van der Waals surface area contributed by atoms with Gasteiger partial charge in [0, 0.05) is 45.1 Å². The first-order valence-electron chi connectivity index (χ1n) is 18.4. The van der Waals surface area contributed by atoms with Gasteiger partial charge < -0.3 is 20.1 Å². The Morgan fingerprint density at radius 2 is 1.06 bits per heavy atom. The van der Waals surface area contributed by atoms with Crippen molar-refractivity contribution in [3.05, 3.63) is 0 Å². The van der Waals surface area contributed by atoms with E-state index in [4.69, 9.17) is 48.7 Å². The minimum Gasteiger partial charge on any atom is -0.483 e. The topological polar surface area (TPSA) is 100 Å². The van der Waals surface area contributed by atoms with Gasteiger partial charge in [0.15, 0.2) is 16.2 Å². The highest BCUT2D eigenvalue weighted by molar-refractivity contribution is 7.80. The average molecular weight is 716 g/mol. The van der Waals surface area contributed by atoms with E-state index in [9.17, 15) is 9.46 Å². The van der Waals surface area contributed by atoms with Gasteiger partial charge in [0.05, 0.1) is 13.2 Å². The van der Waals surface area contributed by atoms with Gasteiger partial charge in [-0.1, -0.05) is 104 Å². The number of nitrogens with two attached hydrogens (primary N) is 1. The molecule has 7 nitrogen and oxygen atoms in total. The van der Waals surface area contributed by atoms with Crippen LogP contribution in [0.15, 0.2) is 0 Å². The maximum atomic E-state index is 12.1. The van der Waals surface area contributed by atoms with Gasteiger partial charge in [-0.3, -0.25) is 9.05 Å². The first kappa shape index (κ1) is 46.0. The van der Waals surface area contributed by atoms with Crippen molar-refractivity contribution in [3.63, 3.8) is 0 Å². The molecule has 0 spiro atoms. The highest BCUT2D eigenvalue weighted by atomic mass is 32.1. The molecule has 2 atom stereocenters. The van der Waals surface area contributed by atoms with E-state index in [1.165, 1.54) is 89.9 Å². The van der Waals surface area contributed by atoms with Crippen LogP contribution in [0.5, 0.6) is 0 Å². The lowest BCUT2D eigenvalue weighted by molar-refractivity contribution is 0.0491. The first-order chi connectivity index (χ1) is 22.8. The molecular weight excluding hydrogens is 650 g/mol. The van der Waals surface area contributed by atoms with Crippen LogP contribution in [-0.4, -0.2) is 47.5 Å². The van der Waals surface area contributed by atoms with Crippen LogP contribution >= 0.6 is 32.3 Å². The van der Waals surface area contributed by atoms with E-state index < -0.39 is 13.9 Å². The number of rotatable bonds is 31. The molecule has 10 heteroatoms. The maximum Gasteiger partial charge on any atom is 0.472 e. The van der Waals surface area contributed by atoms with E-state index in [1.807, 2.05) is 0 Å². The van der Waals surface area contributed by atoms with Crippen LogP contribution < -0.4 is 5.73 Å². The van der Waals surface area contributed by atoms with E-state index in [0.717, 1.165) is 51.4 Å². The second kappa shape index (κ2) is 34.8. The van der Waals surface area contributed by atoms with Crippen LogP contribution in [0.3, 0.4) is 0 Å². The molecular formula is C37H66NO6PS2. The normalized spacial score (nSPS) is 12.7. The van der Waals surface area contributed by atoms with Crippen LogP contribution in [0, 0.1) is 23.7 Å². The molecule has 3 N–H and O–H groups in total. The SMILES string of the molecule is CCC#CCCCCCCCCCCCC(=S)OC[C@H](COP(=O)(O)OCCN)OC(=S)CCCCCCCCCCCC#CCC. The Kier molecular flexibility index (Phi) is 34.1. The summed E-state index contributed by atoms with van der Waals surface area (Å²) in [5, 5.41) is 0.951. The fourth-order valence-electron chi connectivity index (χ4n) is 4.87. The molecule has 0 aliphatic carbocycles. The zero-order chi connectivity index (χ0) is 34.7. The highest BCUT2D eigenvalue weighted by Gasteiger charge is 2.25. The molecule has 0 bridgehead atoms. The molecule has 0 amide bonds. The van der Waals surface area contributed by atoms with Gasteiger partial charge in [-0.2, -0.15) is 0 Å². The van der Waals surface area contributed by atoms with Gasteiger partial charge in [0.1, 0.15) is 6.61 Å². The smallest absolute Gasteiger partial charge is 0.472 e. The lowest BCUT2D eigenvalue weighted by Crippen LogP contribution is -2.29. The minimum atomic E-state index is -4.25. The van der Waals surface area contributed by atoms with Crippen LogP contribution in [-0.2, 0) is 23.1 Å². The lowest BCUT2D eigenvalue weighted by atomic mass is 10.1. The largest absolute Gasteiger partial charge is 0.483 e. The molecule has 0 saturated heterocycles. The van der Waals surface area contributed by atoms with Crippen molar-refractivity contribution < 1.29 is 28.0 Å². The number of hydrogen-bond donors (Lipinski definition) is 2. The second-order valence-corrected chi connectivity index (χ2v) is 14.3. The summed E-state index contributed by atoms with van der Waals surface area (Å²) in [7, 11) is -4.25. The van der Waals surface area contributed by atoms with Gasteiger partial charge in [0.25, 0.3) is 0 Å². The fourth-order valence-corrected chi connectivity index (χ4v) is 6.13. The Hall–Kier alpha value is -1.03. The zero-order valence-electron chi connectivity index (χ0n) is 29.7. The Morgan fingerprint density at radius 3 is 1.51 bits per heavy atom. The summed E-state index contributed by atoms with van der Waals surface area (Å²) in [6.07, 6.45) is 26.3. The van der Waals surface area contributed by atoms with Crippen LogP contribution in [0.1, 0.15) is 168 Å². The summed E-state index contributed by atoms with van der Waals surface area (Å²) in [6.45, 7) is 4.09. The molecule has 0 aromatic rings. The predicted octanol–water partition coefficient (Wildman–Crippen LogP) is 10.5. The summed E-state index contributed by atoms with van der Waals surface area (Å²) in [5.41, 5.74) is 5.37. The van der Waals surface area contributed by atoms with E-state index in [0.29, 0.717) is 22.9 Å². The van der Waals surface area contributed by atoms with Crippen molar-refractivity contribution in [3.8, 4) is 23.7 Å². The number of ether oxygens (including phenoxy) is 2. The third kappa shape index (κ3) is 34.6. The Bertz CT molecular complexity index is 943. The van der Waals surface area contributed by atoms with Crippen LogP contribution in [0.25, 0.3) is 0 Å². The molecule has 1 unspecified atom stereocenters. The molecule has 0 aliphatic heterocycles. The zero-order valence-corrected chi connectivity index (χ0v) is 32.2. The number of unbranched alkanes of at least 4 members (excludes halogenated alkanes) is 18. The Labute approximate surface area is 299 Å². The average Bonchev–Trinajstić information content (AvgIpc) is 3.05.